The molecule has 0 heterocycles. The van der Waals surface area contributed by atoms with E-state index in [1.807, 2.05) is 60.7 Å². The summed E-state index contributed by atoms with van der Waals surface area (Å²) in [6.45, 7) is 0. The Morgan fingerprint density at radius 2 is 1.28 bits per heavy atom. The molecule has 0 aromatic heterocycles. The fourth-order valence-electron chi connectivity index (χ4n) is 6.30. The predicted octanol–water partition coefficient (Wildman–Crippen LogP) is 5.71. The van der Waals surface area contributed by atoms with Gasteiger partial charge in [-0.05, 0) is 61.8 Å². The van der Waals surface area contributed by atoms with Gasteiger partial charge in [0.25, 0.3) is 0 Å². The highest BCUT2D eigenvalue weighted by Crippen LogP contribution is 2.57. The van der Waals surface area contributed by atoms with Gasteiger partial charge in [0.1, 0.15) is 16.9 Å². The third-order valence-electron chi connectivity index (χ3n) is 7.03. The first-order chi connectivity index (χ1) is 14.2. The lowest BCUT2D eigenvalue weighted by molar-refractivity contribution is -0.180. The molecule has 0 N–H and O–H groups in total. The van der Waals surface area contributed by atoms with Gasteiger partial charge in [0.05, 0.1) is 7.11 Å². The van der Waals surface area contributed by atoms with E-state index in [2.05, 4.69) is 0 Å². The molecule has 150 valence electrons. The number of carbonyl (C=O) groups is 1. The standard InChI is InChI=1S/C26H28O3/c1-28-24(22-10-6-3-7-11-22)23(21-8-4-2-5-9-21)25(27)29-26-15-18-12-19(16-26)14-20(13-18)17-26/h2-11,18-20H,12-17H2,1H3. The van der Waals surface area contributed by atoms with Crippen molar-refractivity contribution in [1.82, 2.24) is 0 Å². The number of rotatable bonds is 5. The van der Waals surface area contributed by atoms with Crippen LogP contribution in [0.1, 0.15) is 49.7 Å². The molecule has 0 aliphatic heterocycles. The largest absolute Gasteiger partial charge is 0.495 e. The van der Waals surface area contributed by atoms with Gasteiger partial charge in [0, 0.05) is 5.56 Å². The van der Waals surface area contributed by atoms with E-state index in [0.717, 1.165) is 48.1 Å². The van der Waals surface area contributed by atoms with Crippen molar-refractivity contribution >= 4 is 17.3 Å². The number of methoxy groups -OCH3 is 1. The topological polar surface area (TPSA) is 35.5 Å². The van der Waals surface area contributed by atoms with Gasteiger partial charge in [0.15, 0.2) is 0 Å². The molecule has 3 nitrogen and oxygen atoms in total. The van der Waals surface area contributed by atoms with Crippen LogP contribution in [0.3, 0.4) is 0 Å². The van der Waals surface area contributed by atoms with Crippen LogP contribution in [0.25, 0.3) is 11.3 Å². The summed E-state index contributed by atoms with van der Waals surface area (Å²) in [5, 5.41) is 0. The van der Waals surface area contributed by atoms with E-state index in [0.29, 0.717) is 11.3 Å². The second-order valence-corrected chi connectivity index (χ2v) is 9.13. The van der Waals surface area contributed by atoms with Gasteiger partial charge in [0.2, 0.25) is 0 Å². The van der Waals surface area contributed by atoms with Crippen LogP contribution in [0.4, 0.5) is 0 Å². The predicted molar refractivity (Wildman–Crippen MR) is 114 cm³/mol. The van der Waals surface area contributed by atoms with E-state index in [1.54, 1.807) is 7.11 Å². The summed E-state index contributed by atoms with van der Waals surface area (Å²) in [5.74, 6) is 2.52. The van der Waals surface area contributed by atoms with Crippen LogP contribution in [-0.2, 0) is 14.3 Å². The molecule has 4 aliphatic rings. The fraction of sp³-hybridized carbons (Fsp3) is 0.423. The second kappa shape index (κ2) is 7.37. The van der Waals surface area contributed by atoms with Crippen molar-refractivity contribution in [1.29, 1.82) is 0 Å². The summed E-state index contributed by atoms with van der Waals surface area (Å²) in [4.78, 5) is 13.6. The molecule has 3 heteroatoms. The zero-order valence-corrected chi connectivity index (χ0v) is 17.0. The van der Waals surface area contributed by atoms with Crippen molar-refractivity contribution in [3.8, 4) is 0 Å². The van der Waals surface area contributed by atoms with Crippen molar-refractivity contribution in [2.24, 2.45) is 17.8 Å². The van der Waals surface area contributed by atoms with Crippen LogP contribution < -0.4 is 0 Å². The van der Waals surface area contributed by atoms with Gasteiger partial charge < -0.3 is 9.47 Å². The molecule has 0 spiro atoms. The van der Waals surface area contributed by atoms with Crippen molar-refractivity contribution < 1.29 is 14.3 Å². The summed E-state index contributed by atoms with van der Waals surface area (Å²) in [7, 11) is 1.63. The third kappa shape index (κ3) is 3.48. The highest BCUT2D eigenvalue weighted by Gasteiger charge is 2.53. The number of hydrogen-bond donors (Lipinski definition) is 0. The number of carbonyl (C=O) groups excluding carboxylic acids is 1. The van der Waals surface area contributed by atoms with Crippen molar-refractivity contribution in [2.45, 2.75) is 44.1 Å². The molecule has 0 amide bonds. The molecule has 0 radical (unpaired) electrons. The zero-order chi connectivity index (χ0) is 19.8. The van der Waals surface area contributed by atoms with Gasteiger partial charge in [-0.15, -0.1) is 0 Å². The Balaban J connectivity index is 1.53. The molecule has 2 aromatic carbocycles. The molecular weight excluding hydrogens is 360 g/mol. The van der Waals surface area contributed by atoms with Crippen LogP contribution in [0, 0.1) is 17.8 Å². The molecule has 0 saturated heterocycles. The average molecular weight is 389 g/mol. The van der Waals surface area contributed by atoms with Gasteiger partial charge in [-0.1, -0.05) is 60.7 Å². The molecule has 6 rings (SSSR count). The smallest absolute Gasteiger partial charge is 0.343 e. The fourth-order valence-corrected chi connectivity index (χ4v) is 6.30. The molecule has 4 saturated carbocycles. The van der Waals surface area contributed by atoms with E-state index in [9.17, 15) is 4.79 Å². The average Bonchev–Trinajstić information content (AvgIpc) is 2.71. The molecule has 2 aromatic rings. The molecule has 4 fully saturated rings. The molecule has 0 atom stereocenters. The maximum Gasteiger partial charge on any atom is 0.343 e. The third-order valence-corrected chi connectivity index (χ3v) is 7.03. The quantitative estimate of drug-likeness (QED) is 0.285. The first kappa shape index (κ1) is 18.5. The van der Waals surface area contributed by atoms with Gasteiger partial charge in [-0.2, -0.15) is 0 Å². The summed E-state index contributed by atoms with van der Waals surface area (Å²) in [6.07, 6.45) is 7.06. The van der Waals surface area contributed by atoms with E-state index in [4.69, 9.17) is 9.47 Å². The minimum atomic E-state index is -0.276. The number of esters is 1. The van der Waals surface area contributed by atoms with Gasteiger partial charge in [-0.25, -0.2) is 4.79 Å². The Labute approximate surface area is 172 Å². The summed E-state index contributed by atoms with van der Waals surface area (Å²) in [5.41, 5.74) is 1.97. The Kier molecular flexibility index (Phi) is 4.69. The summed E-state index contributed by atoms with van der Waals surface area (Å²) >= 11 is 0. The van der Waals surface area contributed by atoms with Crippen LogP contribution in [0.15, 0.2) is 60.7 Å². The van der Waals surface area contributed by atoms with Crippen LogP contribution in [0.2, 0.25) is 0 Å². The number of hydrogen-bond acceptors (Lipinski definition) is 3. The minimum absolute atomic E-state index is 0.251. The zero-order valence-electron chi connectivity index (χ0n) is 17.0. The normalized spacial score (nSPS) is 30.6. The van der Waals surface area contributed by atoms with E-state index in [-0.39, 0.29) is 11.6 Å². The Hall–Kier alpha value is -2.55. The summed E-state index contributed by atoms with van der Waals surface area (Å²) in [6, 6.07) is 19.6. The van der Waals surface area contributed by atoms with Gasteiger partial charge in [-0.3, -0.25) is 0 Å². The molecule has 4 bridgehead atoms. The highest BCUT2D eigenvalue weighted by molar-refractivity contribution is 6.23. The number of benzene rings is 2. The van der Waals surface area contributed by atoms with E-state index < -0.39 is 0 Å². The lowest BCUT2D eigenvalue weighted by Crippen LogP contribution is -2.52. The first-order valence-electron chi connectivity index (χ1n) is 10.8. The first-order valence-corrected chi connectivity index (χ1v) is 10.8. The van der Waals surface area contributed by atoms with Crippen molar-refractivity contribution in [2.75, 3.05) is 7.11 Å². The molecular formula is C26H28O3. The van der Waals surface area contributed by atoms with Gasteiger partial charge >= 0.3 is 5.97 Å². The van der Waals surface area contributed by atoms with Crippen molar-refractivity contribution in [3.05, 3.63) is 71.8 Å². The van der Waals surface area contributed by atoms with Crippen LogP contribution >= 0.6 is 0 Å². The van der Waals surface area contributed by atoms with Crippen LogP contribution in [-0.4, -0.2) is 18.7 Å². The highest BCUT2D eigenvalue weighted by atomic mass is 16.6. The lowest BCUT2D eigenvalue weighted by atomic mass is 9.54. The molecule has 0 unspecified atom stereocenters. The number of ether oxygens (including phenoxy) is 2. The maximum absolute atomic E-state index is 13.6. The van der Waals surface area contributed by atoms with E-state index in [1.165, 1.54) is 19.3 Å². The molecule has 4 aliphatic carbocycles. The monoisotopic (exact) mass is 388 g/mol. The van der Waals surface area contributed by atoms with E-state index >= 15 is 0 Å². The Morgan fingerprint density at radius 1 is 0.793 bits per heavy atom. The van der Waals surface area contributed by atoms with Crippen LogP contribution in [0.5, 0.6) is 0 Å². The SMILES string of the molecule is COC(=C(C(=O)OC12CC3CC(CC(C3)C1)C2)c1ccccc1)c1ccccc1. The lowest BCUT2D eigenvalue weighted by Gasteiger charge is -2.55. The summed E-state index contributed by atoms with van der Waals surface area (Å²) < 4.78 is 12.2. The Bertz CT molecular complexity index is 878. The Morgan fingerprint density at radius 3 is 1.76 bits per heavy atom. The maximum atomic E-state index is 13.6. The second-order valence-electron chi connectivity index (χ2n) is 9.13. The van der Waals surface area contributed by atoms with Crippen molar-refractivity contribution in [3.63, 3.8) is 0 Å². The minimum Gasteiger partial charge on any atom is -0.495 e. The molecule has 29 heavy (non-hydrogen) atoms.